The Bertz CT molecular complexity index is 785. The lowest BCUT2D eigenvalue weighted by molar-refractivity contribution is 0.0697. The lowest BCUT2D eigenvalue weighted by Crippen LogP contribution is -2.23. The van der Waals surface area contributed by atoms with Gasteiger partial charge in [-0.15, -0.1) is 0 Å². The van der Waals surface area contributed by atoms with Crippen molar-refractivity contribution in [3.05, 3.63) is 46.6 Å². The van der Waals surface area contributed by atoms with E-state index in [1.165, 1.54) is 18.4 Å². The molecule has 0 saturated carbocycles. The van der Waals surface area contributed by atoms with E-state index < -0.39 is 16.0 Å². The molecule has 7 nitrogen and oxygen atoms in total. The molecule has 0 saturated heterocycles. The van der Waals surface area contributed by atoms with Gasteiger partial charge in [-0.3, -0.25) is 0 Å². The molecule has 0 fully saturated rings. The summed E-state index contributed by atoms with van der Waals surface area (Å²) in [5, 5.41) is 8.91. The molecule has 2 rings (SSSR count). The number of rotatable bonds is 5. The Hall–Kier alpha value is -1.90. The average molecular weight is 331 g/mol. The highest BCUT2D eigenvalue weighted by Gasteiger charge is 2.18. The van der Waals surface area contributed by atoms with Gasteiger partial charge in [0.15, 0.2) is 5.89 Å². The van der Waals surface area contributed by atoms with Gasteiger partial charge in [0.2, 0.25) is 10.0 Å². The predicted molar refractivity (Wildman–Crippen MR) is 73.7 cm³/mol. The minimum Gasteiger partial charge on any atom is -0.478 e. The summed E-state index contributed by atoms with van der Waals surface area (Å²) >= 11 is 5.70. The van der Waals surface area contributed by atoms with E-state index in [0.717, 1.165) is 6.07 Å². The van der Waals surface area contributed by atoms with E-state index in [4.69, 9.17) is 21.1 Å². The number of sulfonamides is 1. The summed E-state index contributed by atoms with van der Waals surface area (Å²) in [6.45, 7) is 1.57. The molecule has 2 aromatic rings. The van der Waals surface area contributed by atoms with Crippen LogP contribution < -0.4 is 4.72 Å². The summed E-state index contributed by atoms with van der Waals surface area (Å²) in [7, 11) is -3.88. The quantitative estimate of drug-likeness (QED) is 0.865. The summed E-state index contributed by atoms with van der Waals surface area (Å²) in [5.41, 5.74) is 0.139. The molecule has 0 bridgehead atoms. The maximum atomic E-state index is 12.1. The van der Waals surface area contributed by atoms with Crippen molar-refractivity contribution in [2.45, 2.75) is 18.4 Å². The van der Waals surface area contributed by atoms with Crippen LogP contribution >= 0.6 is 11.6 Å². The smallest absolute Gasteiger partial charge is 0.337 e. The number of nitrogens with one attached hydrogen (secondary N) is 1. The number of halogens is 1. The van der Waals surface area contributed by atoms with Gasteiger partial charge >= 0.3 is 5.97 Å². The normalized spacial score (nSPS) is 11.5. The Morgan fingerprint density at radius 2 is 2.19 bits per heavy atom. The van der Waals surface area contributed by atoms with Crippen molar-refractivity contribution in [3.8, 4) is 0 Å². The third-order valence-corrected chi connectivity index (χ3v) is 4.32. The van der Waals surface area contributed by atoms with Crippen LogP contribution in [0.2, 0.25) is 5.02 Å². The molecule has 0 aliphatic heterocycles. The van der Waals surface area contributed by atoms with Crippen LogP contribution in [-0.2, 0) is 16.6 Å². The molecule has 1 heterocycles. The maximum Gasteiger partial charge on any atom is 0.337 e. The number of benzene rings is 1. The fourth-order valence-electron chi connectivity index (χ4n) is 1.58. The van der Waals surface area contributed by atoms with Gasteiger partial charge in [0.25, 0.3) is 0 Å². The molecule has 0 aliphatic carbocycles. The number of aryl methyl sites for hydroxylation is 1. The highest BCUT2D eigenvalue weighted by molar-refractivity contribution is 7.89. The summed E-state index contributed by atoms with van der Waals surface area (Å²) in [6, 6.07) is 3.45. The summed E-state index contributed by atoms with van der Waals surface area (Å²) in [6.07, 6.45) is 1.34. The zero-order valence-corrected chi connectivity index (χ0v) is 12.4. The van der Waals surface area contributed by atoms with E-state index in [-0.39, 0.29) is 22.0 Å². The molecule has 2 N–H and O–H groups in total. The summed E-state index contributed by atoms with van der Waals surface area (Å²) in [4.78, 5) is 14.7. The van der Waals surface area contributed by atoms with Gasteiger partial charge in [-0.05, 0) is 18.2 Å². The van der Waals surface area contributed by atoms with Crippen LogP contribution in [-0.4, -0.2) is 24.5 Å². The van der Waals surface area contributed by atoms with Gasteiger partial charge in [-0.2, -0.15) is 0 Å². The van der Waals surface area contributed by atoms with Crippen molar-refractivity contribution in [3.63, 3.8) is 0 Å². The Kier molecular flexibility index (Phi) is 4.31. The molecule has 21 heavy (non-hydrogen) atoms. The van der Waals surface area contributed by atoms with Crippen LogP contribution in [0.5, 0.6) is 0 Å². The molecule has 112 valence electrons. The minimum atomic E-state index is -3.88. The summed E-state index contributed by atoms with van der Waals surface area (Å²) < 4.78 is 31.5. The van der Waals surface area contributed by atoms with E-state index >= 15 is 0 Å². The second-order valence-corrected chi connectivity index (χ2v) is 6.30. The number of oxazole rings is 1. The minimum absolute atomic E-state index is 0.0337. The van der Waals surface area contributed by atoms with Crippen LogP contribution in [0.25, 0.3) is 0 Å². The van der Waals surface area contributed by atoms with Crippen LogP contribution in [0, 0.1) is 6.92 Å². The predicted octanol–water partition coefficient (Wildman–Crippen LogP) is 1.81. The second kappa shape index (κ2) is 5.84. The number of nitrogens with zero attached hydrogens (tertiary/aromatic N) is 1. The van der Waals surface area contributed by atoms with Gasteiger partial charge in [0.05, 0.1) is 27.7 Å². The molecule has 0 aliphatic rings. The van der Waals surface area contributed by atoms with Gasteiger partial charge in [0.1, 0.15) is 6.26 Å². The van der Waals surface area contributed by atoms with E-state index in [2.05, 4.69) is 9.71 Å². The molecule has 0 unspecified atom stereocenters. The first-order chi connectivity index (χ1) is 9.79. The van der Waals surface area contributed by atoms with Gasteiger partial charge in [-0.1, -0.05) is 11.6 Å². The maximum absolute atomic E-state index is 12.1. The molecular weight excluding hydrogens is 320 g/mol. The monoisotopic (exact) mass is 330 g/mol. The van der Waals surface area contributed by atoms with Crippen LogP contribution in [0.4, 0.5) is 0 Å². The number of hydrogen-bond acceptors (Lipinski definition) is 5. The van der Waals surface area contributed by atoms with Crippen molar-refractivity contribution >= 4 is 27.6 Å². The Labute approximate surface area is 125 Å². The van der Waals surface area contributed by atoms with Crippen molar-refractivity contribution in [2.24, 2.45) is 0 Å². The Morgan fingerprint density at radius 3 is 2.76 bits per heavy atom. The SMILES string of the molecule is Cc1nc(CNS(=O)(=O)c2ccc(Cl)c(C(=O)O)c2)co1. The Morgan fingerprint density at radius 1 is 1.48 bits per heavy atom. The zero-order chi connectivity index (χ0) is 15.6. The first-order valence-electron chi connectivity index (χ1n) is 5.73. The molecule has 0 amide bonds. The topological polar surface area (TPSA) is 110 Å². The highest BCUT2D eigenvalue weighted by Crippen LogP contribution is 2.20. The van der Waals surface area contributed by atoms with Crippen LogP contribution in [0.15, 0.2) is 33.8 Å². The van der Waals surface area contributed by atoms with E-state index in [1.807, 2.05) is 0 Å². The van der Waals surface area contributed by atoms with Crippen molar-refractivity contribution in [2.75, 3.05) is 0 Å². The lowest BCUT2D eigenvalue weighted by Gasteiger charge is -2.07. The third kappa shape index (κ3) is 3.60. The number of aromatic nitrogens is 1. The van der Waals surface area contributed by atoms with Gasteiger partial charge in [-0.25, -0.2) is 22.9 Å². The zero-order valence-electron chi connectivity index (χ0n) is 10.8. The molecule has 0 spiro atoms. The van der Waals surface area contributed by atoms with Gasteiger partial charge in [0, 0.05) is 6.92 Å². The van der Waals surface area contributed by atoms with Gasteiger partial charge < -0.3 is 9.52 Å². The molecule has 1 aromatic heterocycles. The molecule has 0 atom stereocenters. The van der Waals surface area contributed by atoms with E-state index in [9.17, 15) is 13.2 Å². The second-order valence-electron chi connectivity index (χ2n) is 4.13. The van der Waals surface area contributed by atoms with Crippen molar-refractivity contribution in [1.82, 2.24) is 9.71 Å². The van der Waals surface area contributed by atoms with Crippen LogP contribution in [0.3, 0.4) is 0 Å². The molecular formula is C12H11ClN2O5S. The molecule has 9 heteroatoms. The number of hydrogen-bond donors (Lipinski definition) is 2. The largest absolute Gasteiger partial charge is 0.478 e. The summed E-state index contributed by atoms with van der Waals surface area (Å²) in [5.74, 6) is -0.881. The van der Waals surface area contributed by atoms with Crippen LogP contribution in [0.1, 0.15) is 21.9 Å². The fourth-order valence-corrected chi connectivity index (χ4v) is 2.80. The first-order valence-corrected chi connectivity index (χ1v) is 7.59. The average Bonchev–Trinajstić information content (AvgIpc) is 2.82. The lowest BCUT2D eigenvalue weighted by atomic mass is 10.2. The fraction of sp³-hybridized carbons (Fsp3) is 0.167. The third-order valence-electron chi connectivity index (χ3n) is 2.59. The number of carbonyl (C=O) groups is 1. The Balaban J connectivity index is 2.23. The highest BCUT2D eigenvalue weighted by atomic mass is 35.5. The number of carboxylic acids is 1. The number of carboxylic acid groups (broad SMARTS) is 1. The van der Waals surface area contributed by atoms with E-state index in [1.54, 1.807) is 6.92 Å². The molecule has 1 aromatic carbocycles. The number of aromatic carboxylic acids is 1. The van der Waals surface area contributed by atoms with Crippen molar-refractivity contribution in [1.29, 1.82) is 0 Å². The van der Waals surface area contributed by atoms with E-state index in [0.29, 0.717) is 11.6 Å². The molecule has 0 radical (unpaired) electrons. The standard InChI is InChI=1S/C12H11ClN2O5S/c1-7-15-8(6-20-7)5-14-21(18,19)9-2-3-11(13)10(4-9)12(16)17/h2-4,6,14H,5H2,1H3,(H,16,17). The van der Waals surface area contributed by atoms with Crippen molar-refractivity contribution < 1.29 is 22.7 Å². The first kappa shape index (κ1) is 15.5.